The summed E-state index contributed by atoms with van der Waals surface area (Å²) < 4.78 is 16.4. The molecule has 0 radical (unpaired) electrons. The van der Waals surface area contributed by atoms with Crippen LogP contribution in [0.4, 0.5) is 0 Å². The summed E-state index contributed by atoms with van der Waals surface area (Å²) in [5, 5.41) is 0. The average Bonchev–Trinajstić information content (AvgIpc) is 2.93. The first-order chi connectivity index (χ1) is 7.73. The third kappa shape index (κ3) is 2.25. The van der Waals surface area contributed by atoms with Gasteiger partial charge in [0, 0.05) is 27.4 Å². The molecule has 92 valence electrons. The second kappa shape index (κ2) is 5.00. The van der Waals surface area contributed by atoms with Crippen LogP contribution in [0.1, 0.15) is 19.3 Å². The van der Waals surface area contributed by atoms with Crippen molar-refractivity contribution in [1.82, 2.24) is 0 Å². The summed E-state index contributed by atoms with van der Waals surface area (Å²) in [5.74, 6) is 2.48. The Hall–Kier alpha value is -0.163. The molecule has 0 aromatic carbocycles. The maximum absolute atomic E-state index is 5.45. The highest BCUT2D eigenvalue weighted by Gasteiger charge is 2.41. The lowest BCUT2D eigenvalue weighted by atomic mass is 9.91. The fourth-order valence-electron chi connectivity index (χ4n) is 3.14. The molecule has 3 nitrogen and oxygen atoms in total. The number of allylic oxidation sites excluding steroid dienone is 2. The summed E-state index contributed by atoms with van der Waals surface area (Å²) >= 11 is 0. The molecule has 0 heterocycles. The topological polar surface area (TPSA) is 27.7 Å². The number of rotatable bonds is 6. The zero-order chi connectivity index (χ0) is 11.6. The third-order valence-corrected chi connectivity index (χ3v) is 6.94. The van der Waals surface area contributed by atoms with Crippen molar-refractivity contribution in [3.05, 3.63) is 12.2 Å². The largest absolute Gasteiger partial charge is 0.500 e. The van der Waals surface area contributed by atoms with Gasteiger partial charge in [-0.3, -0.25) is 0 Å². The van der Waals surface area contributed by atoms with E-state index in [0.717, 1.165) is 23.8 Å². The second-order valence-electron chi connectivity index (χ2n) is 4.87. The molecule has 16 heavy (non-hydrogen) atoms. The molecular formula is C12H22O3Si. The van der Waals surface area contributed by atoms with Crippen molar-refractivity contribution in [1.29, 1.82) is 0 Å². The molecule has 2 bridgehead atoms. The molecule has 0 amide bonds. The lowest BCUT2D eigenvalue weighted by Crippen LogP contribution is -2.43. The summed E-state index contributed by atoms with van der Waals surface area (Å²) in [6, 6.07) is 0.943. The van der Waals surface area contributed by atoms with Gasteiger partial charge in [-0.15, -0.1) is 0 Å². The molecule has 0 N–H and O–H groups in total. The molecule has 0 spiro atoms. The number of fused-ring (bicyclic) bond motifs is 2. The quantitative estimate of drug-likeness (QED) is 0.529. The Morgan fingerprint density at radius 2 is 1.75 bits per heavy atom. The molecule has 0 aliphatic heterocycles. The fourth-order valence-corrected chi connectivity index (χ4v) is 4.98. The summed E-state index contributed by atoms with van der Waals surface area (Å²) in [5.41, 5.74) is 0. The van der Waals surface area contributed by atoms with Crippen LogP contribution in [-0.4, -0.2) is 30.1 Å². The third-order valence-electron chi connectivity index (χ3n) is 4.17. The predicted octanol–water partition coefficient (Wildman–Crippen LogP) is 2.47. The smallest absolute Gasteiger partial charge is 0.377 e. The minimum absolute atomic E-state index is 0.808. The van der Waals surface area contributed by atoms with Crippen molar-refractivity contribution in [2.24, 2.45) is 17.8 Å². The van der Waals surface area contributed by atoms with Crippen LogP contribution in [0.25, 0.3) is 0 Å². The Morgan fingerprint density at radius 1 is 1.06 bits per heavy atom. The molecule has 4 heteroatoms. The maximum atomic E-state index is 5.45. The van der Waals surface area contributed by atoms with Gasteiger partial charge in [-0.1, -0.05) is 12.2 Å². The summed E-state index contributed by atoms with van der Waals surface area (Å²) in [7, 11) is 2.75. The molecule has 0 aromatic heterocycles. The Bertz CT molecular complexity index is 255. The van der Waals surface area contributed by atoms with Crippen LogP contribution in [-0.2, 0) is 13.3 Å². The SMILES string of the molecule is CO[Si](CCC1CC2C=CC1C2)(OC)OC. The standard InChI is InChI=1S/C12H22O3Si/c1-13-16(14-2,15-3)7-6-12-9-10-4-5-11(12)8-10/h4-5,10-12H,6-9H2,1-3H3. The van der Waals surface area contributed by atoms with E-state index in [4.69, 9.17) is 13.3 Å². The van der Waals surface area contributed by atoms with Crippen molar-refractivity contribution in [3.63, 3.8) is 0 Å². The van der Waals surface area contributed by atoms with Gasteiger partial charge in [0.15, 0.2) is 0 Å². The maximum Gasteiger partial charge on any atom is 0.500 e. The second-order valence-corrected chi connectivity index (χ2v) is 7.97. The molecule has 2 aliphatic rings. The van der Waals surface area contributed by atoms with Crippen molar-refractivity contribution < 1.29 is 13.3 Å². The zero-order valence-electron chi connectivity index (χ0n) is 10.4. The van der Waals surface area contributed by atoms with Gasteiger partial charge in [0.1, 0.15) is 0 Å². The minimum Gasteiger partial charge on any atom is -0.377 e. The van der Waals surface area contributed by atoms with Crippen molar-refractivity contribution >= 4 is 8.80 Å². The van der Waals surface area contributed by atoms with Crippen molar-refractivity contribution in [2.45, 2.75) is 25.3 Å². The predicted molar refractivity (Wildman–Crippen MR) is 65.0 cm³/mol. The van der Waals surface area contributed by atoms with Crippen LogP contribution in [0.2, 0.25) is 6.04 Å². The Kier molecular flexibility index (Phi) is 3.84. The van der Waals surface area contributed by atoms with Crippen LogP contribution in [0.5, 0.6) is 0 Å². The molecule has 2 rings (SSSR count). The monoisotopic (exact) mass is 242 g/mol. The first-order valence-electron chi connectivity index (χ1n) is 6.07. The normalized spacial score (nSPS) is 32.6. The van der Waals surface area contributed by atoms with Gasteiger partial charge in [0.25, 0.3) is 0 Å². The van der Waals surface area contributed by atoms with Gasteiger partial charge in [-0.05, 0) is 37.0 Å². The Labute approximate surface area is 99.1 Å². The first-order valence-corrected chi connectivity index (χ1v) is 8.00. The highest BCUT2D eigenvalue weighted by atomic mass is 28.4. The Morgan fingerprint density at radius 3 is 2.19 bits per heavy atom. The lowest BCUT2D eigenvalue weighted by Gasteiger charge is -2.27. The molecule has 2 aliphatic carbocycles. The molecule has 1 fully saturated rings. The van der Waals surface area contributed by atoms with E-state index in [1.54, 1.807) is 21.3 Å². The van der Waals surface area contributed by atoms with E-state index < -0.39 is 8.80 Å². The summed E-state index contributed by atoms with van der Waals surface area (Å²) in [6.45, 7) is 0. The van der Waals surface area contributed by atoms with E-state index in [2.05, 4.69) is 12.2 Å². The van der Waals surface area contributed by atoms with E-state index in [9.17, 15) is 0 Å². The zero-order valence-corrected chi connectivity index (χ0v) is 11.4. The van der Waals surface area contributed by atoms with E-state index in [1.165, 1.54) is 19.3 Å². The molecule has 0 saturated heterocycles. The number of hydrogen-bond donors (Lipinski definition) is 0. The van der Waals surface area contributed by atoms with Gasteiger partial charge < -0.3 is 13.3 Å². The molecular weight excluding hydrogens is 220 g/mol. The van der Waals surface area contributed by atoms with Crippen LogP contribution in [0.3, 0.4) is 0 Å². The average molecular weight is 242 g/mol. The van der Waals surface area contributed by atoms with Crippen LogP contribution in [0, 0.1) is 17.8 Å². The fraction of sp³-hybridized carbons (Fsp3) is 0.833. The van der Waals surface area contributed by atoms with Crippen molar-refractivity contribution in [2.75, 3.05) is 21.3 Å². The molecule has 3 atom stereocenters. The van der Waals surface area contributed by atoms with Gasteiger partial charge in [-0.2, -0.15) is 0 Å². The van der Waals surface area contributed by atoms with Crippen LogP contribution < -0.4 is 0 Å². The highest BCUT2D eigenvalue weighted by molar-refractivity contribution is 6.60. The lowest BCUT2D eigenvalue weighted by molar-refractivity contribution is 0.120. The highest BCUT2D eigenvalue weighted by Crippen LogP contribution is 2.46. The molecule has 1 saturated carbocycles. The summed E-state index contributed by atoms with van der Waals surface area (Å²) in [4.78, 5) is 0. The van der Waals surface area contributed by atoms with E-state index in [0.29, 0.717) is 0 Å². The first kappa shape index (κ1) is 12.3. The van der Waals surface area contributed by atoms with E-state index >= 15 is 0 Å². The van der Waals surface area contributed by atoms with E-state index in [-0.39, 0.29) is 0 Å². The molecule has 3 unspecified atom stereocenters. The van der Waals surface area contributed by atoms with Gasteiger partial charge in [-0.25, -0.2) is 0 Å². The van der Waals surface area contributed by atoms with E-state index in [1.807, 2.05) is 0 Å². The van der Waals surface area contributed by atoms with Crippen LogP contribution >= 0.6 is 0 Å². The van der Waals surface area contributed by atoms with Crippen LogP contribution in [0.15, 0.2) is 12.2 Å². The van der Waals surface area contributed by atoms with Gasteiger partial charge in [0.05, 0.1) is 0 Å². The Balaban J connectivity index is 1.84. The molecule has 0 aromatic rings. The van der Waals surface area contributed by atoms with Gasteiger partial charge in [0.2, 0.25) is 0 Å². The van der Waals surface area contributed by atoms with Gasteiger partial charge >= 0.3 is 8.80 Å². The minimum atomic E-state index is -2.34. The summed E-state index contributed by atoms with van der Waals surface area (Å²) in [6.07, 6.45) is 8.67. The van der Waals surface area contributed by atoms with Crippen molar-refractivity contribution in [3.8, 4) is 0 Å². The number of hydrogen-bond acceptors (Lipinski definition) is 3.